The number of nitro benzene ring substituents is 1. The second-order valence-corrected chi connectivity index (χ2v) is 8.79. The maximum Gasteiger partial charge on any atom is 0.269 e. The van der Waals surface area contributed by atoms with Crippen LogP contribution in [0.5, 0.6) is 11.5 Å². The Morgan fingerprint density at radius 2 is 1.76 bits per heavy atom. The van der Waals surface area contributed by atoms with Gasteiger partial charge in [-0.1, -0.05) is 41.9 Å². The monoisotopic (exact) mass is 473 g/mol. The third kappa shape index (κ3) is 4.69. The molecule has 0 saturated carbocycles. The molecule has 3 aromatic carbocycles. The Morgan fingerprint density at radius 3 is 2.59 bits per heavy atom. The lowest BCUT2D eigenvalue weighted by molar-refractivity contribution is -0.384. The van der Waals surface area contributed by atoms with Crippen LogP contribution >= 0.6 is 11.6 Å². The van der Waals surface area contributed by atoms with Gasteiger partial charge >= 0.3 is 0 Å². The molecule has 1 aliphatic heterocycles. The van der Waals surface area contributed by atoms with Crippen molar-refractivity contribution in [2.75, 3.05) is 6.54 Å². The van der Waals surface area contributed by atoms with E-state index in [4.69, 9.17) is 16.3 Å². The number of nitro groups is 1. The van der Waals surface area contributed by atoms with E-state index in [1.807, 2.05) is 54.6 Å². The highest BCUT2D eigenvalue weighted by Gasteiger charge is 2.30. The molecule has 5 rings (SSSR count). The SMILES string of the molecule is O=[N+]([O-])c1ccc(Cl)c([C@@H]2c3cccn3CCCN2Cc2cccc(Oc3ccccc3)c2)c1. The summed E-state index contributed by atoms with van der Waals surface area (Å²) in [5.74, 6) is 1.56. The van der Waals surface area contributed by atoms with Crippen molar-refractivity contribution in [3.8, 4) is 11.5 Å². The molecule has 172 valence electrons. The van der Waals surface area contributed by atoms with E-state index in [0.29, 0.717) is 11.6 Å². The van der Waals surface area contributed by atoms with Crippen LogP contribution in [0.15, 0.2) is 91.1 Å². The Balaban J connectivity index is 1.50. The number of hydrogen-bond acceptors (Lipinski definition) is 4. The fraction of sp³-hybridized carbons (Fsp3) is 0.185. The van der Waals surface area contributed by atoms with Crippen molar-refractivity contribution in [3.05, 3.63) is 123 Å². The number of aromatic nitrogens is 1. The molecule has 0 aliphatic carbocycles. The molecular weight excluding hydrogens is 450 g/mol. The first-order valence-electron chi connectivity index (χ1n) is 11.2. The quantitative estimate of drug-likeness (QED) is 0.227. The summed E-state index contributed by atoms with van der Waals surface area (Å²) in [6, 6.07) is 26.3. The van der Waals surface area contributed by atoms with E-state index < -0.39 is 0 Å². The van der Waals surface area contributed by atoms with Gasteiger partial charge in [0, 0.05) is 54.2 Å². The average molecular weight is 474 g/mol. The van der Waals surface area contributed by atoms with Crippen LogP contribution < -0.4 is 4.74 Å². The number of rotatable bonds is 6. The van der Waals surface area contributed by atoms with E-state index in [1.165, 1.54) is 6.07 Å². The number of nitrogens with zero attached hydrogens (tertiary/aromatic N) is 3. The summed E-state index contributed by atoms with van der Waals surface area (Å²) < 4.78 is 8.25. The zero-order valence-corrected chi connectivity index (χ0v) is 19.3. The molecule has 6 nitrogen and oxygen atoms in total. The first-order valence-corrected chi connectivity index (χ1v) is 11.6. The normalized spacial score (nSPS) is 16.0. The zero-order chi connectivity index (χ0) is 23.5. The molecule has 34 heavy (non-hydrogen) atoms. The fourth-order valence-electron chi connectivity index (χ4n) is 4.59. The van der Waals surface area contributed by atoms with Crippen molar-refractivity contribution in [3.63, 3.8) is 0 Å². The van der Waals surface area contributed by atoms with E-state index in [9.17, 15) is 10.1 Å². The summed E-state index contributed by atoms with van der Waals surface area (Å²) in [5, 5.41) is 12.0. The minimum Gasteiger partial charge on any atom is -0.457 e. The molecule has 0 bridgehead atoms. The highest BCUT2D eigenvalue weighted by molar-refractivity contribution is 6.31. The van der Waals surface area contributed by atoms with E-state index in [2.05, 4.69) is 27.8 Å². The Kier molecular flexibility index (Phi) is 6.34. The third-order valence-corrected chi connectivity index (χ3v) is 6.45. The number of benzene rings is 3. The van der Waals surface area contributed by atoms with Crippen LogP contribution in [0.4, 0.5) is 5.69 Å². The fourth-order valence-corrected chi connectivity index (χ4v) is 4.81. The van der Waals surface area contributed by atoms with Gasteiger partial charge in [0.15, 0.2) is 0 Å². The molecule has 0 spiro atoms. The number of halogens is 1. The van der Waals surface area contributed by atoms with Crippen molar-refractivity contribution in [1.29, 1.82) is 0 Å². The summed E-state index contributed by atoms with van der Waals surface area (Å²) in [5.41, 5.74) is 2.96. The zero-order valence-electron chi connectivity index (χ0n) is 18.5. The molecule has 2 heterocycles. The Hall–Kier alpha value is -3.61. The standard InChI is InChI=1S/C27H24ClN3O3/c28-25-13-12-21(31(32)33)18-24(25)27-26-11-5-14-29(26)15-6-16-30(27)19-20-7-4-10-23(17-20)34-22-8-2-1-3-9-22/h1-5,7-14,17-18,27H,6,15-16,19H2/t27-/m1/s1. The van der Waals surface area contributed by atoms with Gasteiger partial charge < -0.3 is 9.30 Å². The Bertz CT molecular complexity index is 1310. The average Bonchev–Trinajstić information content (AvgIpc) is 3.22. The summed E-state index contributed by atoms with van der Waals surface area (Å²) in [7, 11) is 0. The minimum absolute atomic E-state index is 0.0416. The highest BCUT2D eigenvalue weighted by atomic mass is 35.5. The van der Waals surface area contributed by atoms with Crippen LogP contribution in [-0.4, -0.2) is 20.9 Å². The Morgan fingerprint density at radius 1 is 0.941 bits per heavy atom. The highest BCUT2D eigenvalue weighted by Crippen LogP contribution is 2.38. The predicted octanol–water partition coefficient (Wildman–Crippen LogP) is 6.84. The van der Waals surface area contributed by atoms with Gasteiger partial charge in [-0.3, -0.25) is 15.0 Å². The van der Waals surface area contributed by atoms with E-state index in [1.54, 1.807) is 12.1 Å². The van der Waals surface area contributed by atoms with Gasteiger partial charge in [-0.05, 0) is 54.4 Å². The molecule has 1 aliphatic rings. The second-order valence-electron chi connectivity index (χ2n) is 8.38. The van der Waals surface area contributed by atoms with Crippen LogP contribution in [0.3, 0.4) is 0 Å². The first-order chi connectivity index (χ1) is 16.6. The molecule has 7 heteroatoms. The van der Waals surface area contributed by atoms with Crippen LogP contribution in [0.25, 0.3) is 0 Å². The van der Waals surface area contributed by atoms with Crippen molar-refractivity contribution in [2.24, 2.45) is 0 Å². The van der Waals surface area contributed by atoms with Gasteiger partial charge in [0.1, 0.15) is 11.5 Å². The number of ether oxygens (including phenoxy) is 1. The van der Waals surface area contributed by atoms with Crippen molar-refractivity contribution < 1.29 is 9.66 Å². The maximum absolute atomic E-state index is 11.5. The summed E-state index contributed by atoms with van der Waals surface area (Å²) in [6.45, 7) is 2.37. The molecule has 0 radical (unpaired) electrons. The van der Waals surface area contributed by atoms with Gasteiger partial charge in [0.25, 0.3) is 5.69 Å². The van der Waals surface area contributed by atoms with E-state index >= 15 is 0 Å². The Labute approximate surface area is 203 Å². The summed E-state index contributed by atoms with van der Waals surface area (Å²) in [6.07, 6.45) is 3.02. The van der Waals surface area contributed by atoms with Gasteiger partial charge in [-0.25, -0.2) is 0 Å². The minimum atomic E-state index is -0.371. The van der Waals surface area contributed by atoms with Gasteiger partial charge in [-0.15, -0.1) is 0 Å². The van der Waals surface area contributed by atoms with Crippen molar-refractivity contribution in [1.82, 2.24) is 9.47 Å². The van der Waals surface area contributed by atoms with E-state index in [0.717, 1.165) is 47.8 Å². The number of fused-ring (bicyclic) bond motifs is 1. The number of hydrogen-bond donors (Lipinski definition) is 0. The first kappa shape index (κ1) is 22.2. The molecule has 0 amide bonds. The topological polar surface area (TPSA) is 60.5 Å². The van der Waals surface area contributed by atoms with Gasteiger partial charge in [-0.2, -0.15) is 0 Å². The molecule has 4 aromatic rings. The molecular formula is C27H24ClN3O3. The lowest BCUT2D eigenvalue weighted by atomic mass is 10.00. The molecule has 0 fully saturated rings. The van der Waals surface area contributed by atoms with E-state index in [-0.39, 0.29) is 16.7 Å². The molecule has 1 aromatic heterocycles. The lowest BCUT2D eigenvalue weighted by Gasteiger charge is -2.31. The second kappa shape index (κ2) is 9.71. The predicted molar refractivity (Wildman–Crippen MR) is 132 cm³/mol. The van der Waals surface area contributed by atoms with Crippen LogP contribution in [0.2, 0.25) is 5.02 Å². The van der Waals surface area contributed by atoms with Crippen LogP contribution in [0, 0.1) is 10.1 Å². The van der Waals surface area contributed by atoms with Gasteiger partial charge in [0.05, 0.1) is 11.0 Å². The third-order valence-electron chi connectivity index (χ3n) is 6.10. The lowest BCUT2D eigenvalue weighted by Crippen LogP contribution is -2.29. The molecule has 0 unspecified atom stereocenters. The number of para-hydroxylation sites is 1. The van der Waals surface area contributed by atoms with Crippen molar-refractivity contribution in [2.45, 2.75) is 25.6 Å². The largest absolute Gasteiger partial charge is 0.457 e. The maximum atomic E-state index is 11.5. The van der Waals surface area contributed by atoms with Crippen LogP contribution in [-0.2, 0) is 13.1 Å². The van der Waals surface area contributed by atoms with Gasteiger partial charge in [0.2, 0.25) is 0 Å². The van der Waals surface area contributed by atoms with Crippen LogP contribution in [0.1, 0.15) is 29.3 Å². The molecule has 0 saturated heterocycles. The summed E-state index contributed by atoms with van der Waals surface area (Å²) in [4.78, 5) is 13.5. The number of aryl methyl sites for hydroxylation is 1. The molecule has 1 atom stereocenters. The number of non-ortho nitro benzene ring substituents is 1. The van der Waals surface area contributed by atoms with Crippen molar-refractivity contribution >= 4 is 17.3 Å². The smallest absolute Gasteiger partial charge is 0.269 e. The summed E-state index contributed by atoms with van der Waals surface area (Å²) >= 11 is 6.63. The molecule has 0 N–H and O–H groups in total.